The number of quaternary nitrogens is 1. The van der Waals surface area contributed by atoms with E-state index in [0.717, 1.165) is 5.75 Å². The predicted octanol–water partition coefficient (Wildman–Crippen LogP) is 2.54. The highest BCUT2D eigenvalue weighted by Gasteiger charge is 2.24. The van der Waals surface area contributed by atoms with Crippen LogP contribution in [0, 0.1) is 0 Å². The molecule has 8 nitrogen and oxygen atoms in total. The molecule has 2 N–H and O–H groups in total. The average Bonchev–Trinajstić information content (AvgIpc) is 3.08. The Morgan fingerprint density at radius 2 is 1.69 bits per heavy atom. The molecule has 1 aromatic carbocycles. The van der Waals surface area contributed by atoms with Gasteiger partial charge in [0.25, 0.3) is 5.91 Å². The summed E-state index contributed by atoms with van der Waals surface area (Å²) in [5.74, 6) is 0.615. The largest absolute Gasteiger partial charge is 0.494 e. The van der Waals surface area contributed by atoms with Gasteiger partial charge in [0, 0.05) is 0 Å². The monoisotopic (exact) mass is 405 g/mol. The second-order valence-electron chi connectivity index (χ2n) is 7.70. The highest BCUT2D eigenvalue weighted by Crippen LogP contribution is 2.19. The van der Waals surface area contributed by atoms with Crippen molar-refractivity contribution in [3.8, 4) is 11.5 Å². The molecule has 1 heterocycles. The van der Waals surface area contributed by atoms with Crippen LogP contribution < -0.4 is 14.8 Å². The summed E-state index contributed by atoms with van der Waals surface area (Å²) in [4.78, 5) is 23.5. The molecule has 0 saturated heterocycles. The normalized spacial score (nSPS) is 12.3. The fourth-order valence-electron chi connectivity index (χ4n) is 2.82. The fraction of sp³-hybridized carbons (Fsp3) is 0.429. The lowest BCUT2D eigenvalue weighted by Crippen LogP contribution is -2.49. The number of aliphatic carboxylic acids is 1. The number of carbonyl (C=O) groups excluding carboxylic acids is 1. The van der Waals surface area contributed by atoms with Gasteiger partial charge in [0.05, 0.1) is 46.8 Å². The zero-order valence-corrected chi connectivity index (χ0v) is 17.3. The Hall–Kier alpha value is -3.00. The number of likely N-dealkylation sites (N-methyl/N-ethyl adjacent to an activating group) is 1. The van der Waals surface area contributed by atoms with Gasteiger partial charge >= 0.3 is 5.97 Å². The lowest BCUT2D eigenvalue weighted by atomic mass is 10.2. The van der Waals surface area contributed by atoms with Crippen LogP contribution >= 0.6 is 0 Å². The van der Waals surface area contributed by atoms with Crippen molar-refractivity contribution in [3.63, 3.8) is 0 Å². The molecule has 1 aromatic heterocycles. The molecular formula is C21H29N2O6+. The van der Waals surface area contributed by atoms with E-state index in [1.165, 1.54) is 0 Å². The Bertz CT molecular complexity index is 807. The molecule has 0 aliphatic heterocycles. The van der Waals surface area contributed by atoms with Gasteiger partial charge in [-0.1, -0.05) is 0 Å². The van der Waals surface area contributed by atoms with Crippen molar-refractivity contribution in [1.82, 2.24) is 5.32 Å². The Labute approximate surface area is 170 Å². The number of carboxylic acid groups (broad SMARTS) is 1. The first kappa shape index (κ1) is 22.3. The summed E-state index contributed by atoms with van der Waals surface area (Å²) in [5, 5.41) is 11.8. The Kier molecular flexibility index (Phi) is 7.67. The quantitative estimate of drug-likeness (QED) is 0.558. The van der Waals surface area contributed by atoms with Gasteiger partial charge in [0.1, 0.15) is 23.9 Å². The van der Waals surface area contributed by atoms with Crippen LogP contribution in [0.25, 0.3) is 0 Å². The van der Waals surface area contributed by atoms with Crippen molar-refractivity contribution < 1.29 is 33.1 Å². The molecule has 0 fully saturated rings. The second-order valence-corrected chi connectivity index (χ2v) is 7.70. The van der Waals surface area contributed by atoms with Crippen LogP contribution in [0.4, 0.5) is 0 Å². The number of hydrogen-bond donors (Lipinski definition) is 2. The molecule has 0 saturated carbocycles. The Morgan fingerprint density at radius 3 is 2.24 bits per heavy atom. The lowest BCUT2D eigenvalue weighted by molar-refractivity contribution is -0.871. The maximum Gasteiger partial charge on any atom is 0.305 e. The molecule has 0 aliphatic rings. The number of benzene rings is 1. The minimum Gasteiger partial charge on any atom is -0.494 e. The molecule has 0 radical (unpaired) electrons. The summed E-state index contributed by atoms with van der Waals surface area (Å²) in [6.07, 6.45) is -0.157. The number of nitrogens with zero attached hydrogens (tertiary/aromatic N) is 1. The lowest BCUT2D eigenvalue weighted by Gasteiger charge is -2.28. The first-order valence-corrected chi connectivity index (χ1v) is 9.44. The molecule has 0 bridgehead atoms. The maximum absolute atomic E-state index is 12.4. The van der Waals surface area contributed by atoms with Gasteiger partial charge in [-0.15, -0.1) is 0 Å². The van der Waals surface area contributed by atoms with Gasteiger partial charge in [0.2, 0.25) is 0 Å². The van der Waals surface area contributed by atoms with Crippen molar-refractivity contribution in [1.29, 1.82) is 0 Å². The predicted molar refractivity (Wildman–Crippen MR) is 107 cm³/mol. The summed E-state index contributed by atoms with van der Waals surface area (Å²) in [5.41, 5.74) is 0. The molecule has 0 unspecified atom stereocenters. The van der Waals surface area contributed by atoms with E-state index in [-0.39, 0.29) is 18.8 Å². The number of carbonyl (C=O) groups is 2. The molecule has 158 valence electrons. The van der Waals surface area contributed by atoms with Crippen LogP contribution in [0.5, 0.6) is 11.5 Å². The van der Waals surface area contributed by atoms with Crippen LogP contribution in [0.3, 0.4) is 0 Å². The van der Waals surface area contributed by atoms with E-state index in [4.69, 9.17) is 19.0 Å². The SMILES string of the molecule is CCOc1ccc(OCc2ccc(C(=O)N[C@H](CC(=O)O)C[N+](C)(C)C)o2)cc1. The summed E-state index contributed by atoms with van der Waals surface area (Å²) in [6.45, 7) is 3.16. The van der Waals surface area contributed by atoms with Gasteiger partial charge < -0.3 is 28.8 Å². The van der Waals surface area contributed by atoms with E-state index in [1.807, 2.05) is 40.2 Å². The maximum atomic E-state index is 12.4. The molecule has 2 aromatic rings. The fourth-order valence-corrected chi connectivity index (χ4v) is 2.82. The molecule has 0 spiro atoms. The molecule has 1 amide bonds. The van der Waals surface area contributed by atoms with Gasteiger partial charge in [-0.05, 0) is 43.3 Å². The summed E-state index contributed by atoms with van der Waals surface area (Å²) in [7, 11) is 5.80. The number of amides is 1. The summed E-state index contributed by atoms with van der Waals surface area (Å²) < 4.78 is 17.1. The highest BCUT2D eigenvalue weighted by atomic mass is 16.5. The van der Waals surface area contributed by atoms with Crippen molar-refractivity contribution in [2.45, 2.75) is 26.0 Å². The van der Waals surface area contributed by atoms with E-state index < -0.39 is 17.9 Å². The zero-order valence-electron chi connectivity index (χ0n) is 17.3. The van der Waals surface area contributed by atoms with Crippen LogP contribution in [0.2, 0.25) is 0 Å². The van der Waals surface area contributed by atoms with E-state index in [9.17, 15) is 9.59 Å². The second kappa shape index (κ2) is 9.97. The van der Waals surface area contributed by atoms with Crippen molar-refractivity contribution in [2.75, 3.05) is 34.3 Å². The van der Waals surface area contributed by atoms with E-state index in [1.54, 1.807) is 24.3 Å². The van der Waals surface area contributed by atoms with E-state index >= 15 is 0 Å². The third-order valence-corrected chi connectivity index (χ3v) is 3.93. The number of rotatable bonds is 11. The molecule has 0 aliphatic carbocycles. The topological polar surface area (TPSA) is 98.0 Å². The highest BCUT2D eigenvalue weighted by molar-refractivity contribution is 5.92. The molecule has 8 heteroatoms. The Morgan fingerprint density at radius 1 is 1.07 bits per heavy atom. The van der Waals surface area contributed by atoms with Crippen LogP contribution in [-0.4, -0.2) is 61.8 Å². The number of furan rings is 1. The molecule has 2 rings (SSSR count). The van der Waals surface area contributed by atoms with E-state index in [2.05, 4.69) is 5.32 Å². The summed E-state index contributed by atoms with van der Waals surface area (Å²) in [6, 6.07) is 9.93. The third kappa shape index (κ3) is 7.87. The van der Waals surface area contributed by atoms with Crippen molar-refractivity contribution in [3.05, 3.63) is 47.9 Å². The molecular weight excluding hydrogens is 376 g/mol. The first-order valence-electron chi connectivity index (χ1n) is 9.44. The number of carboxylic acids is 1. The molecule has 29 heavy (non-hydrogen) atoms. The van der Waals surface area contributed by atoms with E-state index in [0.29, 0.717) is 29.1 Å². The Balaban J connectivity index is 1.93. The van der Waals surface area contributed by atoms with Gasteiger partial charge in [-0.3, -0.25) is 9.59 Å². The first-order chi connectivity index (χ1) is 13.7. The van der Waals surface area contributed by atoms with Crippen LogP contribution in [0.1, 0.15) is 29.7 Å². The average molecular weight is 405 g/mol. The van der Waals surface area contributed by atoms with Crippen LogP contribution in [0.15, 0.2) is 40.8 Å². The minimum absolute atomic E-state index is 0.118. The van der Waals surface area contributed by atoms with Crippen molar-refractivity contribution in [2.24, 2.45) is 0 Å². The van der Waals surface area contributed by atoms with Gasteiger partial charge in [-0.25, -0.2) is 0 Å². The minimum atomic E-state index is -0.965. The molecule has 1 atom stereocenters. The third-order valence-electron chi connectivity index (χ3n) is 3.93. The number of ether oxygens (including phenoxy) is 2. The number of nitrogens with one attached hydrogen (secondary N) is 1. The standard InChI is InChI=1S/C21H28N2O6/c1-5-27-16-6-8-17(9-7-16)28-14-18-10-11-19(29-18)21(26)22-15(12-20(24)25)13-23(2,3)4/h6-11,15H,5,12-14H2,1-4H3,(H-,22,24,25,26)/p+1/t15-/m1/s1. The van der Waals surface area contributed by atoms with Crippen molar-refractivity contribution >= 4 is 11.9 Å². The van der Waals surface area contributed by atoms with Gasteiger partial charge in [0.15, 0.2) is 5.76 Å². The zero-order chi connectivity index (χ0) is 21.4. The summed E-state index contributed by atoms with van der Waals surface area (Å²) >= 11 is 0. The van der Waals surface area contributed by atoms with Crippen LogP contribution in [-0.2, 0) is 11.4 Å². The smallest absolute Gasteiger partial charge is 0.305 e. The van der Waals surface area contributed by atoms with Gasteiger partial charge in [-0.2, -0.15) is 0 Å². The number of hydrogen-bond acceptors (Lipinski definition) is 5.